The third-order valence-electron chi connectivity index (χ3n) is 3.22. The SMILES string of the molecule is Fc1cc(Cl)c(Cl)cc1C(c1ccc[nH]1)c1ccc[nH]1. The number of H-pyrrole nitrogens is 2. The number of rotatable bonds is 3. The molecule has 1 aromatic carbocycles. The average molecular weight is 309 g/mol. The zero-order valence-electron chi connectivity index (χ0n) is 10.3. The van der Waals surface area contributed by atoms with Crippen molar-refractivity contribution in [3.05, 3.63) is 81.6 Å². The summed E-state index contributed by atoms with van der Waals surface area (Å²) in [6, 6.07) is 10.4. The molecular formula is C15H11Cl2FN2. The molecule has 0 fully saturated rings. The van der Waals surface area contributed by atoms with Gasteiger partial charge in [-0.15, -0.1) is 0 Å². The van der Waals surface area contributed by atoms with E-state index in [1.165, 1.54) is 6.07 Å². The van der Waals surface area contributed by atoms with Crippen LogP contribution in [-0.4, -0.2) is 9.97 Å². The maximum Gasteiger partial charge on any atom is 0.129 e. The molecule has 0 saturated heterocycles. The minimum absolute atomic E-state index is 0.213. The lowest BCUT2D eigenvalue weighted by molar-refractivity contribution is 0.604. The lowest BCUT2D eigenvalue weighted by Gasteiger charge is -2.17. The monoisotopic (exact) mass is 308 g/mol. The first-order valence-electron chi connectivity index (χ1n) is 6.08. The highest BCUT2D eigenvalue weighted by atomic mass is 35.5. The highest BCUT2D eigenvalue weighted by molar-refractivity contribution is 6.42. The molecule has 0 aliphatic carbocycles. The van der Waals surface area contributed by atoms with Gasteiger partial charge in [-0.25, -0.2) is 4.39 Å². The quantitative estimate of drug-likeness (QED) is 0.640. The second-order valence-electron chi connectivity index (χ2n) is 4.47. The second-order valence-corrected chi connectivity index (χ2v) is 5.29. The molecule has 5 heteroatoms. The highest BCUT2D eigenvalue weighted by Crippen LogP contribution is 2.35. The maximum absolute atomic E-state index is 14.3. The summed E-state index contributed by atoms with van der Waals surface area (Å²) in [5.74, 6) is -0.664. The molecule has 0 aliphatic rings. The summed E-state index contributed by atoms with van der Waals surface area (Å²) in [5.41, 5.74) is 2.23. The number of benzene rings is 1. The van der Waals surface area contributed by atoms with Gasteiger partial charge in [-0.05, 0) is 36.4 Å². The van der Waals surface area contributed by atoms with Crippen LogP contribution in [0, 0.1) is 5.82 Å². The molecule has 3 aromatic rings. The second kappa shape index (κ2) is 5.35. The van der Waals surface area contributed by atoms with E-state index in [0.29, 0.717) is 10.6 Å². The van der Waals surface area contributed by atoms with Crippen LogP contribution in [0.4, 0.5) is 4.39 Å². The van der Waals surface area contributed by atoms with E-state index in [4.69, 9.17) is 23.2 Å². The molecule has 0 aliphatic heterocycles. The molecule has 0 spiro atoms. The van der Waals surface area contributed by atoms with Gasteiger partial charge in [0.1, 0.15) is 5.82 Å². The van der Waals surface area contributed by atoms with Gasteiger partial charge in [-0.1, -0.05) is 23.2 Å². The highest BCUT2D eigenvalue weighted by Gasteiger charge is 2.23. The molecule has 2 N–H and O–H groups in total. The fraction of sp³-hybridized carbons (Fsp3) is 0.0667. The van der Waals surface area contributed by atoms with Crippen molar-refractivity contribution in [1.29, 1.82) is 0 Å². The van der Waals surface area contributed by atoms with Gasteiger partial charge in [0.25, 0.3) is 0 Å². The van der Waals surface area contributed by atoms with Crippen molar-refractivity contribution >= 4 is 23.2 Å². The first kappa shape index (κ1) is 13.3. The van der Waals surface area contributed by atoms with E-state index in [1.54, 1.807) is 18.5 Å². The van der Waals surface area contributed by atoms with Crippen molar-refractivity contribution in [2.24, 2.45) is 0 Å². The molecule has 0 bridgehead atoms. The van der Waals surface area contributed by atoms with Crippen LogP contribution in [0.15, 0.2) is 48.8 Å². The van der Waals surface area contributed by atoms with Gasteiger partial charge < -0.3 is 9.97 Å². The number of nitrogens with one attached hydrogen (secondary N) is 2. The minimum Gasteiger partial charge on any atom is -0.364 e. The zero-order valence-corrected chi connectivity index (χ0v) is 11.8. The van der Waals surface area contributed by atoms with Gasteiger partial charge in [0, 0.05) is 29.3 Å². The number of aromatic amines is 2. The first-order chi connectivity index (χ1) is 9.66. The molecule has 0 saturated carbocycles. The third kappa shape index (κ3) is 2.35. The van der Waals surface area contributed by atoms with Gasteiger partial charge in [0.15, 0.2) is 0 Å². The Balaban J connectivity index is 2.18. The number of hydrogen-bond donors (Lipinski definition) is 2. The fourth-order valence-corrected chi connectivity index (χ4v) is 2.63. The molecule has 0 unspecified atom stereocenters. The molecule has 20 heavy (non-hydrogen) atoms. The van der Waals surface area contributed by atoms with Crippen molar-refractivity contribution in [3.8, 4) is 0 Å². The Labute approximate surface area is 125 Å². The zero-order chi connectivity index (χ0) is 14.1. The third-order valence-corrected chi connectivity index (χ3v) is 3.94. The minimum atomic E-state index is -0.381. The summed E-state index contributed by atoms with van der Waals surface area (Å²) in [7, 11) is 0. The Bertz CT molecular complexity index is 672. The normalized spacial score (nSPS) is 11.2. The molecule has 2 heterocycles. The van der Waals surface area contributed by atoms with Crippen LogP contribution in [0.25, 0.3) is 0 Å². The van der Waals surface area contributed by atoms with Crippen LogP contribution >= 0.6 is 23.2 Å². The van der Waals surface area contributed by atoms with Crippen LogP contribution in [0.5, 0.6) is 0 Å². The van der Waals surface area contributed by atoms with Crippen molar-refractivity contribution < 1.29 is 4.39 Å². The van der Waals surface area contributed by atoms with Gasteiger partial charge in [0.05, 0.1) is 16.0 Å². The molecule has 2 aromatic heterocycles. The van der Waals surface area contributed by atoms with Crippen LogP contribution in [0.3, 0.4) is 0 Å². The summed E-state index contributed by atoms with van der Waals surface area (Å²) in [6.45, 7) is 0. The summed E-state index contributed by atoms with van der Waals surface area (Å²) in [4.78, 5) is 6.25. The largest absolute Gasteiger partial charge is 0.364 e. The summed E-state index contributed by atoms with van der Waals surface area (Å²) >= 11 is 11.9. The Kier molecular flexibility index (Phi) is 3.55. The standard InChI is InChI=1S/C15H11Cl2FN2/c16-10-7-9(12(18)8-11(10)17)15(13-3-1-5-19-13)14-4-2-6-20-14/h1-8,15,19-20H. The summed E-state index contributed by atoms with van der Waals surface area (Å²) in [5, 5.41) is 0.552. The van der Waals surface area contributed by atoms with Crippen LogP contribution < -0.4 is 0 Å². The number of halogens is 3. The topological polar surface area (TPSA) is 31.6 Å². The number of hydrogen-bond acceptors (Lipinski definition) is 0. The van der Waals surface area contributed by atoms with Crippen LogP contribution in [0.1, 0.15) is 22.9 Å². The van der Waals surface area contributed by atoms with E-state index in [1.807, 2.05) is 24.3 Å². The van der Waals surface area contributed by atoms with Gasteiger partial charge >= 0.3 is 0 Å². The molecule has 2 nitrogen and oxygen atoms in total. The Hall–Kier alpha value is -1.71. The van der Waals surface area contributed by atoms with Gasteiger partial charge in [0.2, 0.25) is 0 Å². The molecule has 0 radical (unpaired) electrons. The van der Waals surface area contributed by atoms with Gasteiger partial charge in [-0.2, -0.15) is 0 Å². The van der Waals surface area contributed by atoms with Crippen molar-refractivity contribution in [1.82, 2.24) is 9.97 Å². The van der Waals surface area contributed by atoms with E-state index in [9.17, 15) is 4.39 Å². The predicted molar refractivity (Wildman–Crippen MR) is 79.0 cm³/mol. The molecule has 102 valence electrons. The molecular weight excluding hydrogens is 298 g/mol. The lowest BCUT2D eigenvalue weighted by atomic mass is 9.92. The fourth-order valence-electron chi connectivity index (χ4n) is 2.31. The van der Waals surface area contributed by atoms with Gasteiger partial charge in [-0.3, -0.25) is 0 Å². The maximum atomic E-state index is 14.3. The Morgan fingerprint density at radius 1 is 0.900 bits per heavy atom. The summed E-state index contributed by atoms with van der Waals surface area (Å²) in [6.07, 6.45) is 3.61. The Morgan fingerprint density at radius 2 is 1.45 bits per heavy atom. The van der Waals surface area contributed by atoms with Crippen molar-refractivity contribution in [2.45, 2.75) is 5.92 Å². The average Bonchev–Trinajstić information content (AvgIpc) is 3.09. The van der Waals surface area contributed by atoms with Crippen molar-refractivity contribution in [3.63, 3.8) is 0 Å². The van der Waals surface area contributed by atoms with E-state index in [0.717, 1.165) is 11.4 Å². The predicted octanol–water partition coefficient (Wildman–Crippen LogP) is 4.97. The lowest BCUT2D eigenvalue weighted by Crippen LogP contribution is -2.07. The smallest absolute Gasteiger partial charge is 0.129 e. The van der Waals surface area contributed by atoms with E-state index in [-0.39, 0.29) is 16.8 Å². The number of aromatic nitrogens is 2. The van der Waals surface area contributed by atoms with E-state index < -0.39 is 0 Å². The Morgan fingerprint density at radius 3 is 1.95 bits per heavy atom. The van der Waals surface area contributed by atoms with Crippen LogP contribution in [0.2, 0.25) is 10.0 Å². The molecule has 0 amide bonds. The summed E-state index contributed by atoms with van der Waals surface area (Å²) < 4.78 is 14.3. The van der Waals surface area contributed by atoms with Crippen molar-refractivity contribution in [2.75, 3.05) is 0 Å². The van der Waals surface area contributed by atoms with Crippen LogP contribution in [-0.2, 0) is 0 Å². The first-order valence-corrected chi connectivity index (χ1v) is 6.83. The van der Waals surface area contributed by atoms with E-state index in [2.05, 4.69) is 9.97 Å². The molecule has 0 atom stereocenters. The molecule has 3 rings (SSSR count). The van der Waals surface area contributed by atoms with E-state index >= 15 is 0 Å².